The van der Waals surface area contributed by atoms with Gasteiger partial charge in [-0.2, -0.15) is 0 Å². The molecule has 0 saturated carbocycles. The number of aryl methyl sites for hydroxylation is 1. The Bertz CT molecular complexity index is 1820. The zero-order valence-corrected chi connectivity index (χ0v) is 35.6. The SMILES string of the molecule is COC(=O)[C@H](CCCN=C(N)N)NC(=O)N[C@@H]1CCCCNC(=O)[C@H](Cc2ccccc2)NC(=O)[C@H](C)N(C)C(=O)[C@H](CCc2ccc(O)cc2)NC(=O)[C@H](C(C)C)NC1=O. The minimum Gasteiger partial charge on any atom is -0.508 e. The third kappa shape index (κ3) is 16.3. The molecule has 19 nitrogen and oxygen atoms in total. The first-order valence-corrected chi connectivity index (χ1v) is 20.5. The summed E-state index contributed by atoms with van der Waals surface area (Å²) in [6.07, 6.45) is 1.74. The monoisotopic (exact) mass is 850 g/mol. The maximum absolute atomic E-state index is 14.2. The minimum atomic E-state index is -1.21. The molecule has 0 aliphatic carbocycles. The number of nitrogens with two attached hydrogens (primary N) is 2. The van der Waals surface area contributed by atoms with Gasteiger partial charge >= 0.3 is 12.0 Å². The van der Waals surface area contributed by atoms with Gasteiger partial charge in [-0.05, 0) is 81.0 Å². The van der Waals surface area contributed by atoms with E-state index in [1.165, 1.54) is 38.1 Å². The van der Waals surface area contributed by atoms with Crippen molar-refractivity contribution in [3.63, 3.8) is 0 Å². The van der Waals surface area contributed by atoms with Gasteiger partial charge in [0.15, 0.2) is 5.96 Å². The Hall–Kier alpha value is -6.40. The predicted molar refractivity (Wildman–Crippen MR) is 227 cm³/mol. The molecule has 1 aliphatic rings. The van der Waals surface area contributed by atoms with Crippen LogP contribution in [-0.4, -0.2) is 121 Å². The summed E-state index contributed by atoms with van der Waals surface area (Å²) in [5.74, 6) is -4.32. The Kier molecular flexibility index (Phi) is 19.8. The Morgan fingerprint density at radius 2 is 1.57 bits per heavy atom. The summed E-state index contributed by atoms with van der Waals surface area (Å²) in [5, 5.41) is 26.2. The van der Waals surface area contributed by atoms with Crippen LogP contribution in [0, 0.1) is 5.92 Å². The number of aliphatic imine (C=N–C) groups is 1. The molecule has 61 heavy (non-hydrogen) atoms. The predicted octanol–water partition coefficient (Wildman–Crippen LogP) is 0.0879. The lowest BCUT2D eigenvalue weighted by molar-refractivity contribution is -0.143. The number of esters is 1. The van der Waals surface area contributed by atoms with Crippen LogP contribution >= 0.6 is 0 Å². The van der Waals surface area contributed by atoms with E-state index in [1.54, 1.807) is 26.0 Å². The van der Waals surface area contributed by atoms with E-state index in [0.29, 0.717) is 25.7 Å². The number of phenols is 1. The summed E-state index contributed by atoms with van der Waals surface area (Å²) in [5.41, 5.74) is 12.3. The van der Waals surface area contributed by atoms with Gasteiger partial charge in [-0.15, -0.1) is 0 Å². The van der Waals surface area contributed by atoms with E-state index in [2.05, 4.69) is 36.9 Å². The van der Waals surface area contributed by atoms with Crippen molar-refractivity contribution in [2.45, 2.75) is 108 Å². The molecule has 3 rings (SSSR count). The van der Waals surface area contributed by atoms with Crippen molar-refractivity contribution < 1.29 is 43.4 Å². The quantitative estimate of drug-likeness (QED) is 0.0564. The molecule has 6 atom stereocenters. The van der Waals surface area contributed by atoms with E-state index >= 15 is 0 Å². The summed E-state index contributed by atoms with van der Waals surface area (Å²) in [6, 6.07) is 7.90. The van der Waals surface area contributed by atoms with Crippen LogP contribution in [0.2, 0.25) is 0 Å². The molecule has 19 heteroatoms. The Balaban J connectivity index is 1.96. The third-order valence-electron chi connectivity index (χ3n) is 10.3. The number of nitrogens with zero attached hydrogens (tertiary/aromatic N) is 2. The van der Waals surface area contributed by atoms with Crippen molar-refractivity contribution in [3.05, 3.63) is 65.7 Å². The molecule has 7 amide bonds. The molecular weight excluding hydrogens is 789 g/mol. The van der Waals surface area contributed by atoms with Crippen molar-refractivity contribution >= 4 is 47.5 Å². The molecule has 0 unspecified atom stereocenters. The smallest absolute Gasteiger partial charge is 0.328 e. The average molecular weight is 851 g/mol. The van der Waals surface area contributed by atoms with Gasteiger partial charge in [0.05, 0.1) is 7.11 Å². The molecule has 11 N–H and O–H groups in total. The number of ether oxygens (including phenoxy) is 1. The van der Waals surface area contributed by atoms with Crippen molar-refractivity contribution in [1.29, 1.82) is 0 Å². The van der Waals surface area contributed by atoms with E-state index < -0.39 is 83.7 Å². The molecule has 0 bridgehead atoms. The van der Waals surface area contributed by atoms with Crippen LogP contribution in [-0.2, 0) is 46.3 Å². The highest BCUT2D eigenvalue weighted by molar-refractivity contribution is 5.96. The van der Waals surface area contributed by atoms with Crippen LogP contribution in [0.3, 0.4) is 0 Å². The average Bonchev–Trinajstić information content (AvgIpc) is 3.23. The fourth-order valence-corrected chi connectivity index (χ4v) is 6.58. The molecule has 1 heterocycles. The lowest BCUT2D eigenvalue weighted by Crippen LogP contribution is -2.60. The summed E-state index contributed by atoms with van der Waals surface area (Å²) < 4.78 is 4.86. The maximum atomic E-state index is 14.2. The molecule has 0 spiro atoms. The maximum Gasteiger partial charge on any atom is 0.328 e. The van der Waals surface area contributed by atoms with Gasteiger partial charge in [0.2, 0.25) is 29.5 Å². The highest BCUT2D eigenvalue weighted by Crippen LogP contribution is 2.15. The summed E-state index contributed by atoms with van der Waals surface area (Å²) >= 11 is 0. The second kappa shape index (κ2) is 24.6. The zero-order chi connectivity index (χ0) is 45.1. The first-order valence-electron chi connectivity index (χ1n) is 20.5. The zero-order valence-electron chi connectivity index (χ0n) is 35.6. The topological polar surface area (TPSA) is 289 Å². The molecule has 2 aromatic carbocycles. The number of nitrogens with one attached hydrogen (secondary N) is 6. The number of carbonyl (C=O) groups excluding carboxylic acids is 7. The highest BCUT2D eigenvalue weighted by atomic mass is 16.5. The molecule has 0 aromatic heterocycles. The van der Waals surface area contributed by atoms with Crippen LogP contribution in [0.25, 0.3) is 0 Å². The number of benzene rings is 2. The lowest BCUT2D eigenvalue weighted by Gasteiger charge is -2.31. The summed E-state index contributed by atoms with van der Waals surface area (Å²) in [6.45, 7) is 5.29. The van der Waals surface area contributed by atoms with Crippen molar-refractivity contribution in [3.8, 4) is 5.75 Å². The normalized spacial score (nSPS) is 21.6. The number of likely N-dealkylation sites (N-methyl/N-ethyl adjacent to an activating group) is 1. The fourth-order valence-electron chi connectivity index (χ4n) is 6.58. The first kappa shape index (κ1) is 49.0. The van der Waals surface area contributed by atoms with E-state index in [1.807, 2.05) is 30.3 Å². The standard InChI is InChI=1S/C42H62N10O9/c1-25(2)34-38(57)47-31(21-18-27-16-19-29(53)20-17-27)39(58)52(4)26(3)35(54)48-33(24-28-12-7-6-8-13-28)36(55)45-22-10-9-14-30(37(56)51-34)49-42(60)50-32(40(59)61-5)15-11-23-46-41(43)44/h6-8,12-13,16-17,19-20,25-26,30-34,53H,9-11,14-15,18,21-24H2,1-5H3,(H,45,55)(H,47,57)(H,48,54)(H,51,56)(H4,43,44,46)(H2,49,50,60)/t26-,30+,31-,32-,33-,34-/m0/s1. The second-order valence-electron chi connectivity index (χ2n) is 15.4. The Morgan fingerprint density at radius 1 is 0.902 bits per heavy atom. The van der Waals surface area contributed by atoms with E-state index in [0.717, 1.165) is 11.1 Å². The summed E-state index contributed by atoms with van der Waals surface area (Å²) in [4.78, 5) is 101. The number of rotatable bonds is 13. The largest absolute Gasteiger partial charge is 0.508 e. The van der Waals surface area contributed by atoms with Crippen molar-refractivity contribution in [2.24, 2.45) is 22.4 Å². The first-order chi connectivity index (χ1) is 29.0. The number of aromatic hydroxyl groups is 1. The van der Waals surface area contributed by atoms with E-state index in [9.17, 15) is 38.7 Å². The van der Waals surface area contributed by atoms with Crippen LogP contribution in [0.4, 0.5) is 4.79 Å². The van der Waals surface area contributed by atoms with Crippen molar-refractivity contribution in [2.75, 3.05) is 27.2 Å². The van der Waals surface area contributed by atoms with E-state index in [4.69, 9.17) is 16.2 Å². The van der Waals surface area contributed by atoms with Gasteiger partial charge in [-0.1, -0.05) is 56.3 Å². The van der Waals surface area contributed by atoms with Crippen LogP contribution in [0.15, 0.2) is 59.6 Å². The van der Waals surface area contributed by atoms with Gasteiger partial charge in [0, 0.05) is 26.6 Å². The number of guanidine groups is 1. The number of phenolic OH excluding ortho intramolecular Hbond substituents is 1. The van der Waals surface area contributed by atoms with Crippen LogP contribution < -0.4 is 43.4 Å². The van der Waals surface area contributed by atoms with Gasteiger partial charge < -0.3 is 58.1 Å². The molecule has 334 valence electrons. The summed E-state index contributed by atoms with van der Waals surface area (Å²) in [7, 11) is 2.60. The highest BCUT2D eigenvalue weighted by Gasteiger charge is 2.35. The molecule has 1 saturated heterocycles. The molecule has 0 radical (unpaired) electrons. The van der Waals surface area contributed by atoms with Crippen LogP contribution in [0.1, 0.15) is 70.4 Å². The van der Waals surface area contributed by atoms with Gasteiger partial charge in [0.1, 0.15) is 42.0 Å². The number of hydrogen-bond donors (Lipinski definition) is 9. The lowest BCUT2D eigenvalue weighted by atomic mass is 9.99. The van der Waals surface area contributed by atoms with Crippen molar-refractivity contribution in [1.82, 2.24) is 36.8 Å². The minimum absolute atomic E-state index is 0.0578. The second-order valence-corrected chi connectivity index (χ2v) is 15.4. The van der Waals surface area contributed by atoms with Crippen LogP contribution in [0.5, 0.6) is 5.75 Å². The molecule has 1 fully saturated rings. The third-order valence-corrected chi connectivity index (χ3v) is 10.3. The molecular formula is C42H62N10O9. The van der Waals surface area contributed by atoms with Gasteiger partial charge in [-0.25, -0.2) is 9.59 Å². The number of amides is 7. The number of hydrogen-bond acceptors (Lipinski definition) is 10. The van der Waals surface area contributed by atoms with Gasteiger partial charge in [0.25, 0.3) is 0 Å². The molecule has 2 aromatic rings. The number of carbonyl (C=O) groups is 7. The Labute approximate surface area is 356 Å². The molecule has 1 aliphatic heterocycles. The number of methoxy groups -OCH3 is 1. The Morgan fingerprint density at radius 3 is 2.21 bits per heavy atom. The van der Waals surface area contributed by atoms with E-state index in [-0.39, 0.29) is 50.5 Å². The van der Waals surface area contributed by atoms with Gasteiger partial charge in [-0.3, -0.25) is 29.0 Å². The number of urea groups is 1. The fraction of sp³-hybridized carbons (Fsp3) is 0.524.